The second kappa shape index (κ2) is 19.5. The molecule has 0 aliphatic heterocycles. The molecule has 0 aliphatic carbocycles. The van der Waals surface area contributed by atoms with Gasteiger partial charge >= 0.3 is 17.9 Å². The van der Waals surface area contributed by atoms with E-state index in [1.54, 1.807) is 30.3 Å². The smallest absolute Gasteiger partial charge is 0.303 e. The largest absolute Gasteiger partial charge is 0.493 e. The van der Waals surface area contributed by atoms with E-state index in [9.17, 15) is 14.4 Å². The molecule has 10 heteroatoms. The van der Waals surface area contributed by atoms with Crippen LogP contribution < -0.4 is 18.9 Å². The average Bonchev–Trinajstić information content (AvgIpc) is 3.18. The van der Waals surface area contributed by atoms with Crippen molar-refractivity contribution in [3.8, 4) is 23.0 Å². The van der Waals surface area contributed by atoms with Gasteiger partial charge in [0, 0.05) is 26.3 Å². The van der Waals surface area contributed by atoms with Crippen LogP contribution in [0.5, 0.6) is 23.0 Å². The van der Waals surface area contributed by atoms with Crippen LogP contribution in [-0.2, 0) is 55.0 Å². The molecule has 0 amide bonds. The maximum Gasteiger partial charge on any atom is 0.303 e. The lowest BCUT2D eigenvalue weighted by atomic mass is 9.87. The first kappa shape index (κ1) is 38.9. The van der Waals surface area contributed by atoms with E-state index in [4.69, 9.17) is 33.2 Å². The highest BCUT2D eigenvalue weighted by molar-refractivity contribution is 5.68. The maximum absolute atomic E-state index is 12.8. The van der Waals surface area contributed by atoms with Crippen molar-refractivity contribution >= 4 is 17.9 Å². The van der Waals surface area contributed by atoms with E-state index in [-0.39, 0.29) is 26.4 Å². The molecule has 5 aromatic rings. The van der Waals surface area contributed by atoms with Crippen LogP contribution in [0.3, 0.4) is 0 Å². The van der Waals surface area contributed by atoms with Crippen LogP contribution in [0.25, 0.3) is 0 Å². The van der Waals surface area contributed by atoms with Gasteiger partial charge in [-0.3, -0.25) is 14.4 Å². The van der Waals surface area contributed by atoms with Crippen molar-refractivity contribution in [1.82, 2.24) is 0 Å². The lowest BCUT2D eigenvalue weighted by Crippen LogP contribution is -2.24. The van der Waals surface area contributed by atoms with Crippen LogP contribution in [0.1, 0.15) is 66.2 Å². The summed E-state index contributed by atoms with van der Waals surface area (Å²) in [5.41, 5.74) is 4.39. The molecule has 2 unspecified atom stereocenters. The van der Waals surface area contributed by atoms with E-state index >= 15 is 0 Å². The van der Waals surface area contributed by atoms with Crippen LogP contribution in [0.15, 0.2) is 121 Å². The summed E-state index contributed by atoms with van der Waals surface area (Å²) in [4.78, 5) is 37.2. The minimum atomic E-state index is -1.02. The highest BCUT2D eigenvalue weighted by Crippen LogP contribution is 2.46. The summed E-state index contributed by atoms with van der Waals surface area (Å²) in [7, 11) is 1.52. The molecule has 5 rings (SSSR count). The Kier molecular flexibility index (Phi) is 14.1. The van der Waals surface area contributed by atoms with Gasteiger partial charge in [0.25, 0.3) is 0 Å². The quantitative estimate of drug-likeness (QED) is 0.0642. The summed E-state index contributed by atoms with van der Waals surface area (Å²) in [5.74, 6) is -0.842. The maximum atomic E-state index is 12.8. The van der Waals surface area contributed by atoms with E-state index in [0.29, 0.717) is 46.3 Å². The summed E-state index contributed by atoms with van der Waals surface area (Å²) < 4.78 is 42.0. The summed E-state index contributed by atoms with van der Waals surface area (Å²) in [6.45, 7) is 4.32. The number of rotatable bonds is 18. The van der Waals surface area contributed by atoms with E-state index in [2.05, 4.69) is 0 Å². The molecule has 0 heterocycles. The molecule has 0 aromatic heterocycles. The van der Waals surface area contributed by atoms with Crippen LogP contribution in [0, 0.1) is 0 Å². The number of esters is 3. The number of methoxy groups -OCH3 is 1. The van der Waals surface area contributed by atoms with Gasteiger partial charge < -0.3 is 33.2 Å². The number of ether oxygens (including phenoxy) is 7. The number of hydrogen-bond acceptors (Lipinski definition) is 10. The number of carbonyl (C=O) groups is 3. The third-order valence-electron chi connectivity index (χ3n) is 8.33. The van der Waals surface area contributed by atoms with Gasteiger partial charge in [0.15, 0.2) is 23.0 Å². The Morgan fingerprint density at radius 2 is 1.06 bits per heavy atom. The Morgan fingerprint density at radius 3 is 1.57 bits per heavy atom. The molecule has 0 aliphatic rings. The zero-order valence-electron chi connectivity index (χ0n) is 30.8. The molecular weight excluding hydrogens is 688 g/mol. The summed E-state index contributed by atoms with van der Waals surface area (Å²) in [6, 6.07) is 37.8. The van der Waals surface area contributed by atoms with Crippen LogP contribution >= 0.6 is 0 Å². The Labute approximate surface area is 315 Å². The van der Waals surface area contributed by atoms with Crippen molar-refractivity contribution in [1.29, 1.82) is 0 Å². The predicted molar refractivity (Wildman–Crippen MR) is 201 cm³/mol. The first-order valence-corrected chi connectivity index (χ1v) is 17.5. The fourth-order valence-corrected chi connectivity index (χ4v) is 5.78. The molecular formula is C44H44O10. The van der Waals surface area contributed by atoms with E-state index in [1.165, 1.54) is 27.9 Å². The standard InChI is InChI=1S/C44H44O10/c1-30(45)49-28-36-22-38(44(53-27-35-18-12-7-13-19-35)42(23-36)52-26-34-16-10-6-11-17-34)39(29-50-31(2)46)43(54-32(3)47)37-20-21-40(41(24-37)48-4)51-25-33-14-8-5-9-15-33/h5-24,39,43H,25-29H2,1-4H3. The molecule has 10 nitrogen and oxygen atoms in total. The molecule has 2 atom stereocenters. The van der Waals surface area contributed by atoms with Gasteiger partial charge in [-0.1, -0.05) is 97.1 Å². The van der Waals surface area contributed by atoms with E-state index < -0.39 is 29.9 Å². The second-order valence-electron chi connectivity index (χ2n) is 12.5. The third kappa shape index (κ3) is 11.4. The highest BCUT2D eigenvalue weighted by atomic mass is 16.6. The Balaban J connectivity index is 1.64. The molecule has 0 N–H and O–H groups in total. The minimum Gasteiger partial charge on any atom is -0.493 e. The van der Waals surface area contributed by atoms with E-state index in [0.717, 1.165) is 16.7 Å². The van der Waals surface area contributed by atoms with Gasteiger partial charge in [0.2, 0.25) is 0 Å². The van der Waals surface area contributed by atoms with Crippen LogP contribution in [-0.4, -0.2) is 31.6 Å². The molecule has 280 valence electrons. The zero-order chi connectivity index (χ0) is 38.3. The van der Waals surface area contributed by atoms with Crippen molar-refractivity contribution < 1.29 is 47.5 Å². The van der Waals surface area contributed by atoms with Gasteiger partial charge in [-0.25, -0.2) is 0 Å². The summed E-state index contributed by atoms with van der Waals surface area (Å²) in [5, 5.41) is 0. The monoisotopic (exact) mass is 732 g/mol. The summed E-state index contributed by atoms with van der Waals surface area (Å²) >= 11 is 0. The van der Waals surface area contributed by atoms with Gasteiger partial charge in [-0.15, -0.1) is 0 Å². The number of carbonyl (C=O) groups excluding carboxylic acids is 3. The minimum absolute atomic E-state index is 0.0806. The van der Waals surface area contributed by atoms with Crippen molar-refractivity contribution in [2.45, 2.75) is 59.2 Å². The number of hydrogen-bond donors (Lipinski definition) is 0. The topological polar surface area (TPSA) is 116 Å². The molecule has 0 spiro atoms. The molecule has 5 aromatic carbocycles. The van der Waals surface area contributed by atoms with Gasteiger partial charge in [0.05, 0.1) is 13.0 Å². The average molecular weight is 733 g/mol. The molecule has 0 radical (unpaired) electrons. The Hall–Kier alpha value is -6.29. The highest BCUT2D eigenvalue weighted by Gasteiger charge is 2.34. The zero-order valence-corrected chi connectivity index (χ0v) is 30.8. The van der Waals surface area contributed by atoms with Crippen molar-refractivity contribution in [3.63, 3.8) is 0 Å². The van der Waals surface area contributed by atoms with Crippen molar-refractivity contribution in [2.24, 2.45) is 0 Å². The first-order valence-electron chi connectivity index (χ1n) is 17.5. The van der Waals surface area contributed by atoms with Crippen LogP contribution in [0.4, 0.5) is 0 Å². The first-order chi connectivity index (χ1) is 26.2. The molecule has 0 fully saturated rings. The van der Waals surface area contributed by atoms with Gasteiger partial charge in [-0.05, 0) is 52.1 Å². The predicted octanol–water partition coefficient (Wildman–Crippen LogP) is 8.45. The van der Waals surface area contributed by atoms with Gasteiger partial charge in [-0.2, -0.15) is 0 Å². The lowest BCUT2D eigenvalue weighted by molar-refractivity contribution is -0.150. The second-order valence-corrected chi connectivity index (χ2v) is 12.5. The third-order valence-corrected chi connectivity index (χ3v) is 8.33. The summed E-state index contributed by atoms with van der Waals surface area (Å²) in [6.07, 6.45) is -1.02. The molecule has 0 saturated heterocycles. The fraction of sp³-hybridized carbons (Fsp3) is 0.250. The SMILES string of the molecule is COc1cc(C(OC(C)=O)C(COC(C)=O)c2cc(COC(C)=O)cc(OCc3ccccc3)c2OCc2ccccc2)ccc1OCc1ccccc1. The molecule has 0 bridgehead atoms. The fourth-order valence-electron chi connectivity index (χ4n) is 5.78. The molecule has 0 saturated carbocycles. The van der Waals surface area contributed by atoms with Gasteiger partial charge in [0.1, 0.15) is 39.1 Å². The van der Waals surface area contributed by atoms with Crippen LogP contribution in [0.2, 0.25) is 0 Å². The van der Waals surface area contributed by atoms with E-state index in [1.807, 2.05) is 91.0 Å². The van der Waals surface area contributed by atoms with Crippen molar-refractivity contribution in [3.05, 3.63) is 155 Å². The lowest BCUT2D eigenvalue weighted by Gasteiger charge is -2.30. The Morgan fingerprint density at radius 1 is 0.519 bits per heavy atom. The number of benzene rings is 5. The van der Waals surface area contributed by atoms with Crippen molar-refractivity contribution in [2.75, 3.05) is 13.7 Å². The Bertz CT molecular complexity index is 1980. The normalized spacial score (nSPS) is 11.8. The molecule has 54 heavy (non-hydrogen) atoms.